The zero-order chi connectivity index (χ0) is 19.6. The third kappa shape index (κ3) is 4.05. The number of amides is 1. The quantitative estimate of drug-likeness (QED) is 0.625. The minimum absolute atomic E-state index is 0.0428. The Morgan fingerprint density at radius 1 is 1.07 bits per heavy atom. The van der Waals surface area contributed by atoms with E-state index in [9.17, 15) is 13.2 Å². The van der Waals surface area contributed by atoms with Crippen LogP contribution >= 0.6 is 11.3 Å². The Morgan fingerprint density at radius 2 is 1.82 bits per heavy atom. The topological polar surface area (TPSA) is 67.6 Å². The molecule has 0 radical (unpaired) electrons. The molecule has 1 fully saturated rings. The van der Waals surface area contributed by atoms with Crippen LogP contribution in [-0.2, 0) is 15.6 Å². The number of carbonyl (C=O) groups is 1. The fraction of sp³-hybridized carbons (Fsp3) is 0.286. The van der Waals surface area contributed by atoms with Crippen LogP contribution in [0.5, 0.6) is 0 Å². The van der Waals surface area contributed by atoms with E-state index < -0.39 is 15.1 Å². The van der Waals surface area contributed by atoms with Gasteiger partial charge in [0.2, 0.25) is 0 Å². The van der Waals surface area contributed by atoms with Gasteiger partial charge in [-0.15, -0.1) is 0 Å². The van der Waals surface area contributed by atoms with E-state index in [0.717, 1.165) is 11.1 Å². The fourth-order valence-electron chi connectivity index (χ4n) is 3.55. The Balaban J connectivity index is 1.37. The summed E-state index contributed by atoms with van der Waals surface area (Å²) in [5, 5.41) is 3.67. The van der Waals surface area contributed by atoms with E-state index in [1.165, 1.54) is 6.26 Å². The number of piperidine rings is 1. The summed E-state index contributed by atoms with van der Waals surface area (Å²) in [4.78, 5) is 14.5. The Morgan fingerprint density at radius 3 is 2.43 bits per heavy atom. The molecule has 0 unspecified atom stereocenters. The van der Waals surface area contributed by atoms with Gasteiger partial charge in [0.25, 0.3) is 5.91 Å². The molecule has 1 aliphatic rings. The number of sulfone groups is 1. The summed E-state index contributed by atoms with van der Waals surface area (Å²) in [6, 6.07) is 13.0. The number of hydrogen-bond acceptors (Lipinski definition) is 5. The molecule has 0 atom stereocenters. The number of nitrogens with zero attached hydrogens (tertiary/aromatic N) is 1. The van der Waals surface area contributed by atoms with Crippen molar-refractivity contribution in [3.63, 3.8) is 0 Å². The van der Waals surface area contributed by atoms with Gasteiger partial charge in [-0.05, 0) is 65.1 Å². The summed E-state index contributed by atoms with van der Waals surface area (Å²) in [6.07, 6.45) is 2.40. The third-order valence-electron chi connectivity index (χ3n) is 5.15. The molecule has 146 valence electrons. The largest absolute Gasteiger partial charge is 0.468 e. The Kier molecular flexibility index (Phi) is 5.37. The van der Waals surface area contributed by atoms with Crippen LogP contribution in [0, 0.1) is 0 Å². The van der Waals surface area contributed by atoms with Crippen molar-refractivity contribution in [3.05, 3.63) is 70.8 Å². The Hall–Kier alpha value is -2.38. The second kappa shape index (κ2) is 7.93. The van der Waals surface area contributed by atoms with E-state index in [4.69, 9.17) is 4.42 Å². The van der Waals surface area contributed by atoms with Crippen molar-refractivity contribution in [1.29, 1.82) is 0 Å². The van der Waals surface area contributed by atoms with Gasteiger partial charge in [0, 0.05) is 18.7 Å². The predicted molar refractivity (Wildman–Crippen MR) is 110 cm³/mol. The van der Waals surface area contributed by atoms with E-state index in [2.05, 4.69) is 11.4 Å². The molecular formula is C21H21NO4S2. The van der Waals surface area contributed by atoms with Crippen LogP contribution in [0.25, 0.3) is 11.1 Å². The smallest absolute Gasteiger partial charge is 0.253 e. The molecule has 0 N–H and O–H groups in total. The summed E-state index contributed by atoms with van der Waals surface area (Å²) in [5.74, 6) is 0.339. The van der Waals surface area contributed by atoms with Crippen LogP contribution in [0.4, 0.5) is 0 Å². The molecule has 1 amide bonds. The van der Waals surface area contributed by atoms with Gasteiger partial charge in [-0.3, -0.25) is 4.79 Å². The molecule has 0 spiro atoms. The molecule has 7 heteroatoms. The van der Waals surface area contributed by atoms with Crippen LogP contribution in [0.15, 0.2) is 63.9 Å². The highest BCUT2D eigenvalue weighted by molar-refractivity contribution is 7.91. The van der Waals surface area contributed by atoms with Crippen molar-refractivity contribution in [3.8, 4) is 11.1 Å². The predicted octanol–water partition coefficient (Wildman–Crippen LogP) is 4.23. The number of thiophene rings is 1. The van der Waals surface area contributed by atoms with Crippen LogP contribution in [-0.4, -0.2) is 37.6 Å². The molecule has 1 aromatic carbocycles. The standard InChI is InChI=1S/C21H21NO4S2/c23-21(17-5-3-16(4-6-17)18-9-13-27-14-18)22-10-7-20(8-11-22)28(24,25)15-19-2-1-12-26-19/h1-6,9,12-14,20H,7-8,10-11,15H2. The molecule has 4 rings (SSSR count). The van der Waals surface area contributed by atoms with Crippen molar-refractivity contribution < 1.29 is 17.6 Å². The molecule has 1 aliphatic heterocycles. The summed E-state index contributed by atoms with van der Waals surface area (Å²) >= 11 is 1.64. The molecule has 3 aromatic rings. The molecule has 3 heterocycles. The first-order valence-electron chi connectivity index (χ1n) is 9.19. The van der Waals surface area contributed by atoms with Gasteiger partial charge in [0.05, 0.1) is 11.5 Å². The first-order chi connectivity index (χ1) is 13.5. The lowest BCUT2D eigenvalue weighted by Crippen LogP contribution is -2.42. The molecule has 0 aliphatic carbocycles. The minimum Gasteiger partial charge on any atom is -0.468 e. The highest BCUT2D eigenvalue weighted by Crippen LogP contribution is 2.25. The highest BCUT2D eigenvalue weighted by atomic mass is 32.2. The van der Waals surface area contributed by atoms with Gasteiger partial charge in [0.15, 0.2) is 9.84 Å². The van der Waals surface area contributed by atoms with Gasteiger partial charge < -0.3 is 9.32 Å². The number of hydrogen-bond donors (Lipinski definition) is 0. The van der Waals surface area contributed by atoms with E-state index in [0.29, 0.717) is 37.3 Å². The van der Waals surface area contributed by atoms with E-state index in [-0.39, 0.29) is 11.7 Å². The molecule has 0 saturated carbocycles. The monoisotopic (exact) mass is 415 g/mol. The van der Waals surface area contributed by atoms with Crippen molar-refractivity contribution in [1.82, 2.24) is 4.90 Å². The van der Waals surface area contributed by atoms with Crippen molar-refractivity contribution >= 4 is 27.1 Å². The van der Waals surface area contributed by atoms with Gasteiger partial charge in [-0.2, -0.15) is 11.3 Å². The number of furan rings is 1. The van der Waals surface area contributed by atoms with Gasteiger partial charge in [-0.25, -0.2) is 8.42 Å². The summed E-state index contributed by atoms with van der Waals surface area (Å²) < 4.78 is 30.3. The van der Waals surface area contributed by atoms with Crippen LogP contribution in [0.2, 0.25) is 0 Å². The van der Waals surface area contributed by atoms with Gasteiger partial charge in [0.1, 0.15) is 11.5 Å². The SMILES string of the molecule is O=C(c1ccc(-c2ccsc2)cc1)N1CCC(S(=O)(=O)Cc2ccco2)CC1. The Labute approximate surface area is 168 Å². The van der Waals surface area contributed by atoms with E-state index in [1.54, 1.807) is 28.4 Å². The van der Waals surface area contributed by atoms with Crippen molar-refractivity contribution in [2.24, 2.45) is 0 Å². The average Bonchev–Trinajstić information content (AvgIpc) is 3.42. The maximum absolute atomic E-state index is 12.8. The first kappa shape index (κ1) is 19.0. The molecule has 5 nitrogen and oxygen atoms in total. The minimum atomic E-state index is -3.28. The second-order valence-electron chi connectivity index (χ2n) is 6.97. The molecule has 0 bridgehead atoms. The fourth-order valence-corrected chi connectivity index (χ4v) is 5.94. The van der Waals surface area contributed by atoms with Gasteiger partial charge >= 0.3 is 0 Å². The molecule has 2 aromatic heterocycles. The van der Waals surface area contributed by atoms with Gasteiger partial charge in [-0.1, -0.05) is 12.1 Å². The highest BCUT2D eigenvalue weighted by Gasteiger charge is 2.32. The van der Waals surface area contributed by atoms with Crippen LogP contribution in [0.3, 0.4) is 0 Å². The third-order valence-corrected chi connectivity index (χ3v) is 8.00. The molecule has 1 saturated heterocycles. The number of likely N-dealkylation sites (tertiary alicyclic amines) is 1. The zero-order valence-electron chi connectivity index (χ0n) is 15.3. The maximum atomic E-state index is 12.8. The first-order valence-corrected chi connectivity index (χ1v) is 11.8. The Bertz CT molecular complexity index is 1010. The normalized spacial score (nSPS) is 15.6. The lowest BCUT2D eigenvalue weighted by Gasteiger charge is -2.31. The van der Waals surface area contributed by atoms with Crippen molar-refractivity contribution in [2.45, 2.75) is 23.8 Å². The van der Waals surface area contributed by atoms with Crippen molar-refractivity contribution in [2.75, 3.05) is 13.1 Å². The van der Waals surface area contributed by atoms with Crippen LogP contribution in [0.1, 0.15) is 29.0 Å². The number of rotatable bonds is 5. The summed E-state index contributed by atoms with van der Waals surface area (Å²) in [7, 11) is -3.28. The lowest BCUT2D eigenvalue weighted by atomic mass is 10.0. The zero-order valence-corrected chi connectivity index (χ0v) is 16.9. The summed E-state index contributed by atoms with van der Waals surface area (Å²) in [5.41, 5.74) is 2.86. The van der Waals surface area contributed by atoms with E-state index in [1.807, 2.05) is 29.6 Å². The molecule has 28 heavy (non-hydrogen) atoms. The van der Waals surface area contributed by atoms with E-state index >= 15 is 0 Å². The molecular weight excluding hydrogens is 394 g/mol. The number of benzene rings is 1. The maximum Gasteiger partial charge on any atom is 0.253 e. The summed E-state index contributed by atoms with van der Waals surface area (Å²) in [6.45, 7) is 0.903. The second-order valence-corrected chi connectivity index (χ2v) is 10.0. The number of carbonyl (C=O) groups excluding carboxylic acids is 1. The van der Waals surface area contributed by atoms with Crippen LogP contribution < -0.4 is 0 Å². The average molecular weight is 416 g/mol. The lowest BCUT2D eigenvalue weighted by molar-refractivity contribution is 0.0725.